The van der Waals surface area contributed by atoms with E-state index in [1.165, 1.54) is 23.9 Å². The summed E-state index contributed by atoms with van der Waals surface area (Å²) in [6, 6.07) is 8.08. The standard InChI is InChI=1S/C30H38N6O5/c37-24(16-35-11-8-21-12-25(6-4-22(21)15-35)40-19-26-14-31-20-41-26)5-7-28(38)27-13-29(32-23-17-39-18-23)34-30(33-27)36-9-2-1-3-10-36/h4,6,12-14,20,23-24,37H,1-3,5,7-11,15-19H2,(H,32,33,34)/t24-/m0/s1. The fraction of sp³-hybridized carbons (Fsp3) is 0.533. The number of anilines is 2. The number of aliphatic hydroxyl groups is 1. The number of oxazole rings is 1. The van der Waals surface area contributed by atoms with E-state index in [1.54, 1.807) is 12.3 Å². The lowest BCUT2D eigenvalue weighted by Crippen LogP contribution is -2.40. The van der Waals surface area contributed by atoms with Crippen molar-refractivity contribution >= 4 is 17.5 Å². The molecule has 0 unspecified atom stereocenters. The Labute approximate surface area is 239 Å². The topological polar surface area (TPSA) is 126 Å². The maximum atomic E-state index is 13.2. The predicted molar refractivity (Wildman–Crippen MR) is 152 cm³/mol. The summed E-state index contributed by atoms with van der Waals surface area (Å²) in [6.45, 7) is 5.54. The van der Waals surface area contributed by atoms with Gasteiger partial charge in [0.1, 0.15) is 23.9 Å². The highest BCUT2D eigenvalue weighted by molar-refractivity contribution is 5.95. The molecule has 0 saturated carbocycles. The third kappa shape index (κ3) is 7.22. The Bertz CT molecular complexity index is 1310. The number of nitrogens with one attached hydrogen (secondary N) is 1. The highest BCUT2D eigenvalue weighted by Crippen LogP contribution is 2.25. The van der Waals surface area contributed by atoms with E-state index in [-0.39, 0.29) is 18.2 Å². The van der Waals surface area contributed by atoms with Gasteiger partial charge in [0, 0.05) is 45.2 Å². The number of β-amino-alcohol motifs (C(OH)–C–C–N with tert-alkyl or cyclic N) is 1. The van der Waals surface area contributed by atoms with Gasteiger partial charge in [-0.1, -0.05) is 6.07 Å². The molecule has 11 heteroatoms. The molecule has 0 amide bonds. The van der Waals surface area contributed by atoms with E-state index < -0.39 is 6.10 Å². The van der Waals surface area contributed by atoms with E-state index in [4.69, 9.17) is 18.9 Å². The zero-order valence-corrected chi connectivity index (χ0v) is 23.3. The molecule has 5 heterocycles. The van der Waals surface area contributed by atoms with E-state index in [0.717, 1.165) is 51.2 Å². The number of ketones is 1. The number of piperidine rings is 1. The normalized spacial score (nSPS) is 18.4. The average Bonchev–Trinajstić information content (AvgIpc) is 3.51. The van der Waals surface area contributed by atoms with E-state index in [9.17, 15) is 9.90 Å². The van der Waals surface area contributed by atoms with Crippen molar-refractivity contribution in [2.75, 3.05) is 49.6 Å². The first-order valence-electron chi connectivity index (χ1n) is 14.6. The van der Waals surface area contributed by atoms with Gasteiger partial charge in [0.2, 0.25) is 5.95 Å². The van der Waals surface area contributed by atoms with Crippen LogP contribution >= 0.6 is 0 Å². The van der Waals surface area contributed by atoms with Crippen molar-refractivity contribution in [3.05, 3.63) is 59.4 Å². The largest absolute Gasteiger partial charge is 0.486 e. The fourth-order valence-corrected chi connectivity index (χ4v) is 5.53. The van der Waals surface area contributed by atoms with Crippen LogP contribution in [0.1, 0.15) is 59.5 Å². The molecule has 2 aromatic heterocycles. The number of aromatic nitrogens is 3. The van der Waals surface area contributed by atoms with Gasteiger partial charge < -0.3 is 29.2 Å². The van der Waals surface area contributed by atoms with Gasteiger partial charge in [-0.3, -0.25) is 9.69 Å². The molecule has 41 heavy (non-hydrogen) atoms. The number of nitrogens with zero attached hydrogens (tertiary/aromatic N) is 5. The lowest BCUT2D eigenvalue weighted by molar-refractivity contribution is 0.0209. The second-order valence-corrected chi connectivity index (χ2v) is 11.2. The van der Waals surface area contributed by atoms with Crippen molar-refractivity contribution in [2.45, 2.75) is 63.8 Å². The van der Waals surface area contributed by atoms with Crippen LogP contribution in [0.25, 0.3) is 0 Å². The number of carbonyl (C=O) groups excluding carboxylic acids is 1. The van der Waals surface area contributed by atoms with Gasteiger partial charge in [-0.25, -0.2) is 9.97 Å². The molecule has 1 atom stereocenters. The Morgan fingerprint density at radius 2 is 2.00 bits per heavy atom. The monoisotopic (exact) mass is 562 g/mol. The molecule has 0 bridgehead atoms. The van der Waals surface area contributed by atoms with E-state index in [1.807, 2.05) is 6.07 Å². The maximum Gasteiger partial charge on any atom is 0.227 e. The molecule has 2 saturated heterocycles. The zero-order valence-electron chi connectivity index (χ0n) is 23.3. The number of fused-ring (bicyclic) bond motifs is 1. The van der Waals surface area contributed by atoms with Crippen LogP contribution in [-0.4, -0.2) is 82.3 Å². The first-order valence-corrected chi connectivity index (χ1v) is 14.6. The Hall–Kier alpha value is -3.54. The van der Waals surface area contributed by atoms with Crippen molar-refractivity contribution in [1.29, 1.82) is 0 Å². The Morgan fingerprint density at radius 1 is 1.12 bits per heavy atom. The van der Waals surface area contributed by atoms with Crippen LogP contribution in [0.5, 0.6) is 5.75 Å². The van der Waals surface area contributed by atoms with Gasteiger partial charge in [-0.15, -0.1) is 0 Å². The number of Topliss-reactive ketones (excluding diaryl/α,β-unsaturated/α-hetero) is 1. The number of hydrogen-bond donors (Lipinski definition) is 2. The lowest BCUT2D eigenvalue weighted by atomic mass is 9.98. The summed E-state index contributed by atoms with van der Waals surface area (Å²) in [5.41, 5.74) is 2.89. The summed E-state index contributed by atoms with van der Waals surface area (Å²) in [6.07, 6.45) is 7.36. The molecule has 3 aliphatic rings. The molecule has 0 aliphatic carbocycles. The summed E-state index contributed by atoms with van der Waals surface area (Å²) in [5, 5.41) is 14.2. The molecule has 1 aromatic carbocycles. The fourth-order valence-electron chi connectivity index (χ4n) is 5.53. The van der Waals surface area contributed by atoms with Crippen molar-refractivity contribution in [3.63, 3.8) is 0 Å². The van der Waals surface area contributed by atoms with Crippen molar-refractivity contribution < 1.29 is 23.8 Å². The molecule has 3 aromatic rings. The van der Waals surface area contributed by atoms with Gasteiger partial charge in [0.15, 0.2) is 17.9 Å². The summed E-state index contributed by atoms with van der Waals surface area (Å²) < 4.78 is 16.3. The molecule has 0 spiro atoms. The Balaban J connectivity index is 1.01. The maximum absolute atomic E-state index is 13.2. The van der Waals surface area contributed by atoms with Gasteiger partial charge in [0.05, 0.1) is 31.6 Å². The van der Waals surface area contributed by atoms with Crippen LogP contribution in [0.3, 0.4) is 0 Å². The molecule has 6 rings (SSSR count). The Morgan fingerprint density at radius 3 is 2.78 bits per heavy atom. The Kier molecular flexibility index (Phi) is 8.74. The zero-order chi connectivity index (χ0) is 28.0. The van der Waals surface area contributed by atoms with E-state index in [0.29, 0.717) is 56.0 Å². The summed E-state index contributed by atoms with van der Waals surface area (Å²) in [4.78, 5) is 30.9. The first-order chi connectivity index (χ1) is 20.1. The van der Waals surface area contributed by atoms with Gasteiger partial charge in [-0.05, 0) is 55.4 Å². The van der Waals surface area contributed by atoms with Gasteiger partial charge >= 0.3 is 0 Å². The molecule has 3 aliphatic heterocycles. The summed E-state index contributed by atoms with van der Waals surface area (Å²) in [7, 11) is 0. The molecule has 2 fully saturated rings. The highest BCUT2D eigenvalue weighted by Gasteiger charge is 2.24. The molecule has 218 valence electrons. The first kappa shape index (κ1) is 27.6. The quantitative estimate of drug-likeness (QED) is 0.316. The molecule has 2 N–H and O–H groups in total. The highest BCUT2D eigenvalue weighted by atomic mass is 16.5. The van der Waals surface area contributed by atoms with Crippen molar-refractivity contribution in [3.8, 4) is 5.75 Å². The lowest BCUT2D eigenvalue weighted by Gasteiger charge is -2.30. The molecular formula is C30H38N6O5. The van der Waals surface area contributed by atoms with Crippen molar-refractivity contribution in [2.24, 2.45) is 0 Å². The number of carbonyl (C=O) groups is 1. The van der Waals surface area contributed by atoms with Crippen LogP contribution in [-0.2, 0) is 24.3 Å². The van der Waals surface area contributed by atoms with Crippen LogP contribution < -0.4 is 15.0 Å². The number of benzene rings is 1. The SMILES string of the molecule is O=C(CC[C@H](O)CN1CCc2cc(OCc3cnco3)ccc2C1)c1cc(NC2COC2)nc(N2CCCCC2)n1. The van der Waals surface area contributed by atoms with Gasteiger partial charge in [-0.2, -0.15) is 4.98 Å². The van der Waals surface area contributed by atoms with E-state index in [2.05, 4.69) is 37.2 Å². The third-order valence-corrected chi connectivity index (χ3v) is 7.94. The van der Waals surface area contributed by atoms with Crippen molar-refractivity contribution in [1.82, 2.24) is 19.9 Å². The average molecular weight is 563 g/mol. The van der Waals surface area contributed by atoms with Crippen LogP contribution in [0.2, 0.25) is 0 Å². The van der Waals surface area contributed by atoms with E-state index >= 15 is 0 Å². The van der Waals surface area contributed by atoms with Gasteiger partial charge in [0.25, 0.3) is 0 Å². The minimum Gasteiger partial charge on any atom is -0.486 e. The third-order valence-electron chi connectivity index (χ3n) is 7.94. The predicted octanol–water partition coefficient (Wildman–Crippen LogP) is 3.23. The second-order valence-electron chi connectivity index (χ2n) is 11.2. The number of hydrogen-bond acceptors (Lipinski definition) is 11. The second kappa shape index (κ2) is 13.0. The summed E-state index contributed by atoms with van der Waals surface area (Å²) >= 11 is 0. The number of aliphatic hydroxyl groups excluding tert-OH is 1. The van der Waals surface area contributed by atoms with Crippen LogP contribution in [0.4, 0.5) is 11.8 Å². The summed E-state index contributed by atoms with van der Waals surface area (Å²) in [5.74, 6) is 2.69. The van der Waals surface area contributed by atoms with Crippen LogP contribution in [0, 0.1) is 0 Å². The number of ether oxygens (including phenoxy) is 2. The molecule has 11 nitrogen and oxygen atoms in total. The molecular weight excluding hydrogens is 524 g/mol. The number of rotatable bonds is 12. The minimum atomic E-state index is -0.599. The van der Waals surface area contributed by atoms with Crippen LogP contribution in [0.15, 0.2) is 41.3 Å². The minimum absolute atomic E-state index is 0.0699. The molecule has 0 radical (unpaired) electrons. The smallest absolute Gasteiger partial charge is 0.227 e.